The van der Waals surface area contributed by atoms with Gasteiger partial charge in [0, 0.05) is 44.4 Å². The van der Waals surface area contributed by atoms with Gasteiger partial charge < -0.3 is 20.8 Å². The van der Waals surface area contributed by atoms with Crippen LogP contribution >= 0.6 is 0 Å². The second-order valence-electron chi connectivity index (χ2n) is 13.5. The summed E-state index contributed by atoms with van der Waals surface area (Å²) in [5, 5.41) is 8.09. The Morgan fingerprint density at radius 1 is 1.08 bits per heavy atom. The molecule has 0 saturated carbocycles. The number of hydrogen-bond acceptors (Lipinski definition) is 8. The lowest BCUT2D eigenvalue weighted by atomic mass is 9.74. The molecule has 12 heteroatoms. The zero-order valence-corrected chi connectivity index (χ0v) is 30.5. The third-order valence-electron chi connectivity index (χ3n) is 9.53. The van der Waals surface area contributed by atoms with Crippen LogP contribution in [0.15, 0.2) is 59.5 Å². The topological polar surface area (TPSA) is 132 Å². The molecule has 5 rings (SSSR count). The molecule has 4 N–H and O–H groups in total. The fourth-order valence-corrected chi connectivity index (χ4v) is 8.44. The maximum Gasteiger partial charge on any atom is 0.247 e. The van der Waals surface area contributed by atoms with Gasteiger partial charge in [-0.1, -0.05) is 43.3 Å². The minimum atomic E-state index is -3.84. The summed E-state index contributed by atoms with van der Waals surface area (Å²) in [5.74, 6) is -0.137. The Bertz CT molecular complexity index is 1810. The van der Waals surface area contributed by atoms with Crippen molar-refractivity contribution in [2.75, 3.05) is 30.1 Å². The van der Waals surface area contributed by atoms with E-state index in [0.717, 1.165) is 45.7 Å². The van der Waals surface area contributed by atoms with Gasteiger partial charge in [0.2, 0.25) is 21.8 Å². The van der Waals surface area contributed by atoms with Gasteiger partial charge >= 0.3 is 0 Å². The second kappa shape index (κ2) is 14.8. The molecule has 0 radical (unpaired) electrons. The predicted molar refractivity (Wildman–Crippen MR) is 193 cm³/mol. The molecule has 0 spiro atoms. The van der Waals surface area contributed by atoms with Gasteiger partial charge in [0.05, 0.1) is 17.9 Å². The summed E-state index contributed by atoms with van der Waals surface area (Å²) in [5.41, 5.74) is 12.7. The summed E-state index contributed by atoms with van der Waals surface area (Å²) < 4.78 is 35.8. The SMILES string of the molecule is CC[C@@H]1CN(Cc2cc([C@@H](c3ccc4c(c3C)NNN4CC)C(C)(C)NC(=O)CCCNC(C)=O)ccc2C)S(=O)(=O)c2ccccc2O1. The van der Waals surface area contributed by atoms with Gasteiger partial charge in [0.15, 0.2) is 0 Å². The molecule has 0 saturated heterocycles. The minimum Gasteiger partial charge on any atom is -0.488 e. The molecule has 0 bridgehead atoms. The average molecular weight is 691 g/mol. The fraction of sp³-hybridized carbons (Fsp3) is 0.459. The van der Waals surface area contributed by atoms with E-state index in [1.165, 1.54) is 11.2 Å². The van der Waals surface area contributed by atoms with Gasteiger partial charge in [-0.2, -0.15) is 4.31 Å². The average Bonchev–Trinajstić information content (AvgIpc) is 3.44. The van der Waals surface area contributed by atoms with Gasteiger partial charge in [0.1, 0.15) is 16.7 Å². The van der Waals surface area contributed by atoms with E-state index in [1.54, 1.807) is 24.3 Å². The number of fused-ring (bicyclic) bond motifs is 2. The van der Waals surface area contributed by atoms with Gasteiger partial charge in [0.25, 0.3) is 0 Å². The molecule has 0 unspecified atom stereocenters. The number of nitrogens with zero attached hydrogens (tertiary/aromatic N) is 2. The molecule has 11 nitrogen and oxygen atoms in total. The number of ether oxygens (including phenoxy) is 1. The number of hydrogen-bond donors (Lipinski definition) is 4. The third-order valence-corrected chi connectivity index (χ3v) is 11.4. The number of sulfonamides is 1. The van der Waals surface area contributed by atoms with Crippen molar-refractivity contribution in [1.82, 2.24) is 20.5 Å². The first-order valence-corrected chi connectivity index (χ1v) is 18.5. The highest BCUT2D eigenvalue weighted by atomic mass is 32.2. The number of rotatable bonds is 12. The van der Waals surface area contributed by atoms with Crippen molar-refractivity contribution in [2.24, 2.45) is 0 Å². The number of aryl methyl sites for hydroxylation is 1. The van der Waals surface area contributed by atoms with Gasteiger partial charge in [-0.15, -0.1) is 5.53 Å². The molecule has 2 amide bonds. The van der Waals surface area contributed by atoms with Crippen molar-refractivity contribution in [3.63, 3.8) is 0 Å². The van der Waals surface area contributed by atoms with E-state index in [4.69, 9.17) is 4.74 Å². The lowest BCUT2D eigenvalue weighted by molar-refractivity contribution is -0.123. The molecule has 3 aromatic carbocycles. The molecule has 49 heavy (non-hydrogen) atoms. The quantitative estimate of drug-likeness (QED) is 0.189. The standard InChI is InChI=1S/C37H50N6O5S/c1-8-29-23-42(49(46,47)33-14-11-10-13-32(33)48-29)22-28-21-27(17-16-24(28)3)35(37(6,7)39-34(45)15-12-20-38-26(5)44)30-18-19-31-36(25(30)4)40-41-43(31)9-2/h10-11,13-14,16-19,21,29,35,40-41H,8-9,12,15,20,22-23H2,1-7H3,(H,38,44)(H,39,45)/t29-,35+/m1/s1. The zero-order valence-electron chi connectivity index (χ0n) is 29.6. The highest BCUT2D eigenvalue weighted by molar-refractivity contribution is 7.89. The number of carbonyl (C=O) groups is 2. The van der Waals surface area contributed by atoms with Crippen molar-refractivity contribution in [2.45, 2.75) is 96.7 Å². The number of benzene rings is 3. The van der Waals surface area contributed by atoms with E-state index < -0.39 is 15.6 Å². The summed E-state index contributed by atoms with van der Waals surface area (Å²) in [4.78, 5) is 24.8. The Labute approximate surface area is 290 Å². The Morgan fingerprint density at radius 3 is 2.55 bits per heavy atom. The maximum absolute atomic E-state index is 14.0. The van der Waals surface area contributed by atoms with E-state index in [2.05, 4.69) is 59.7 Å². The first kappa shape index (κ1) is 36.2. The highest BCUT2D eigenvalue weighted by Gasteiger charge is 2.38. The first-order chi connectivity index (χ1) is 23.3. The van der Waals surface area contributed by atoms with Crippen LogP contribution in [0.4, 0.5) is 11.4 Å². The molecule has 0 aliphatic carbocycles. The lowest BCUT2D eigenvalue weighted by Gasteiger charge is -2.38. The summed E-state index contributed by atoms with van der Waals surface area (Å²) in [6, 6.07) is 17.3. The van der Waals surface area contributed by atoms with E-state index in [-0.39, 0.29) is 48.2 Å². The Morgan fingerprint density at radius 2 is 1.84 bits per heavy atom. The van der Waals surface area contributed by atoms with E-state index in [0.29, 0.717) is 25.1 Å². The van der Waals surface area contributed by atoms with Crippen LogP contribution in [0, 0.1) is 13.8 Å². The number of carbonyl (C=O) groups excluding carboxylic acids is 2. The maximum atomic E-state index is 14.0. The molecule has 264 valence electrons. The molecular weight excluding hydrogens is 641 g/mol. The van der Waals surface area contributed by atoms with Crippen molar-refractivity contribution in [1.29, 1.82) is 0 Å². The first-order valence-electron chi connectivity index (χ1n) is 17.1. The smallest absolute Gasteiger partial charge is 0.247 e. The second-order valence-corrected chi connectivity index (χ2v) is 15.4. The van der Waals surface area contributed by atoms with Crippen LogP contribution in [0.3, 0.4) is 0 Å². The summed E-state index contributed by atoms with van der Waals surface area (Å²) in [7, 11) is -3.84. The Balaban J connectivity index is 1.54. The van der Waals surface area contributed by atoms with Crippen LogP contribution < -0.4 is 31.3 Å². The van der Waals surface area contributed by atoms with Crippen LogP contribution in [-0.4, -0.2) is 55.8 Å². The van der Waals surface area contributed by atoms with Crippen LogP contribution in [0.25, 0.3) is 0 Å². The van der Waals surface area contributed by atoms with E-state index in [9.17, 15) is 18.0 Å². The lowest BCUT2D eigenvalue weighted by Crippen LogP contribution is -2.48. The molecule has 0 aromatic heterocycles. The minimum absolute atomic E-state index is 0.108. The monoisotopic (exact) mass is 690 g/mol. The van der Waals surface area contributed by atoms with E-state index in [1.807, 2.05) is 38.8 Å². The summed E-state index contributed by atoms with van der Waals surface area (Å²) in [6.45, 7) is 15.3. The van der Waals surface area contributed by atoms with Crippen LogP contribution in [0.5, 0.6) is 5.75 Å². The number of nitrogens with one attached hydrogen (secondary N) is 4. The Kier molecular flexibility index (Phi) is 10.9. The van der Waals surface area contributed by atoms with Gasteiger partial charge in [-0.05, 0) is 93.5 Å². The van der Waals surface area contributed by atoms with Crippen LogP contribution in [0.2, 0.25) is 0 Å². The van der Waals surface area contributed by atoms with Gasteiger partial charge in [-0.25, -0.2) is 8.42 Å². The fourth-order valence-electron chi connectivity index (χ4n) is 6.87. The molecule has 2 heterocycles. The van der Waals surface area contributed by atoms with E-state index >= 15 is 0 Å². The molecule has 3 aromatic rings. The summed E-state index contributed by atoms with van der Waals surface area (Å²) >= 11 is 0. The van der Waals surface area contributed by atoms with Gasteiger partial charge in [-0.3, -0.25) is 14.6 Å². The normalized spacial score (nSPS) is 17.6. The molecule has 2 atom stereocenters. The van der Waals surface area contributed by atoms with Crippen molar-refractivity contribution in [3.05, 3.63) is 82.4 Å². The number of anilines is 2. The Hall–Kier alpha value is -4.13. The summed E-state index contributed by atoms with van der Waals surface area (Å²) in [6.07, 6.45) is 1.17. The molecular formula is C37H50N6O5S. The molecule has 0 fully saturated rings. The largest absolute Gasteiger partial charge is 0.488 e. The van der Waals surface area contributed by atoms with Crippen LogP contribution in [-0.2, 0) is 26.2 Å². The van der Waals surface area contributed by atoms with Crippen molar-refractivity contribution < 1.29 is 22.7 Å². The predicted octanol–water partition coefficient (Wildman–Crippen LogP) is 5.28. The molecule has 2 aliphatic heterocycles. The number of hydrazine groups is 2. The number of para-hydroxylation sites is 1. The zero-order chi connectivity index (χ0) is 35.5. The molecule has 2 aliphatic rings. The third kappa shape index (κ3) is 7.71. The highest BCUT2D eigenvalue weighted by Crippen LogP contribution is 2.43. The van der Waals surface area contributed by atoms with Crippen LogP contribution in [0.1, 0.15) is 87.6 Å². The van der Waals surface area contributed by atoms with Crippen molar-refractivity contribution in [3.8, 4) is 5.75 Å². The number of amides is 2. The van der Waals surface area contributed by atoms with Crippen molar-refractivity contribution >= 4 is 33.2 Å².